The van der Waals surface area contributed by atoms with E-state index in [4.69, 9.17) is 0 Å². The Bertz CT molecular complexity index is 3120. The van der Waals surface area contributed by atoms with Gasteiger partial charge in [-0.15, -0.1) is 0 Å². The molecule has 0 aromatic heterocycles. The van der Waals surface area contributed by atoms with Gasteiger partial charge >= 0.3 is 0 Å². The summed E-state index contributed by atoms with van der Waals surface area (Å²) < 4.78 is 0. The molecule has 0 amide bonds. The molecule has 2 aliphatic rings. The molecule has 0 radical (unpaired) electrons. The molecule has 292 valence electrons. The average Bonchev–Trinajstić information content (AvgIpc) is 3.69. The molecular formula is C60H47N. The molecule has 0 saturated heterocycles. The molecule has 9 aromatic rings. The van der Waals surface area contributed by atoms with Crippen LogP contribution < -0.4 is 4.90 Å². The van der Waals surface area contributed by atoms with Crippen LogP contribution in [0.15, 0.2) is 212 Å². The summed E-state index contributed by atoms with van der Waals surface area (Å²) in [6.07, 6.45) is 0. The van der Waals surface area contributed by atoms with Gasteiger partial charge in [-0.05, 0) is 131 Å². The maximum absolute atomic E-state index is 2.45. The lowest BCUT2D eigenvalue weighted by Crippen LogP contribution is -2.17. The molecule has 0 atom stereocenters. The van der Waals surface area contributed by atoms with E-state index in [2.05, 4.69) is 245 Å². The molecule has 61 heavy (non-hydrogen) atoms. The van der Waals surface area contributed by atoms with Crippen molar-refractivity contribution in [1.29, 1.82) is 0 Å². The molecule has 0 unspecified atom stereocenters. The van der Waals surface area contributed by atoms with Crippen molar-refractivity contribution < 1.29 is 0 Å². The predicted molar refractivity (Wildman–Crippen MR) is 258 cm³/mol. The Labute approximate surface area is 360 Å². The first kappa shape index (κ1) is 36.8. The lowest BCUT2D eigenvalue weighted by molar-refractivity contribution is 0.660. The molecule has 0 fully saturated rings. The van der Waals surface area contributed by atoms with Crippen LogP contribution in [0, 0.1) is 0 Å². The van der Waals surface area contributed by atoms with Gasteiger partial charge in [0.1, 0.15) is 0 Å². The summed E-state index contributed by atoms with van der Waals surface area (Å²) in [4.78, 5) is 2.45. The first-order valence-corrected chi connectivity index (χ1v) is 21.5. The maximum atomic E-state index is 2.45. The van der Waals surface area contributed by atoms with Crippen LogP contribution in [0.4, 0.5) is 17.1 Å². The van der Waals surface area contributed by atoms with E-state index in [1.165, 1.54) is 89.0 Å². The summed E-state index contributed by atoms with van der Waals surface area (Å²) in [5.41, 5.74) is 23.8. The molecule has 0 bridgehead atoms. The van der Waals surface area contributed by atoms with Crippen molar-refractivity contribution in [2.24, 2.45) is 0 Å². The zero-order chi connectivity index (χ0) is 41.3. The molecule has 1 heteroatoms. The number of hydrogen-bond acceptors (Lipinski definition) is 1. The fraction of sp³-hybridized carbons (Fsp3) is 0.100. The van der Waals surface area contributed by atoms with Crippen LogP contribution in [-0.2, 0) is 10.8 Å². The van der Waals surface area contributed by atoms with E-state index in [0.29, 0.717) is 0 Å². The van der Waals surface area contributed by atoms with Crippen molar-refractivity contribution in [3.05, 3.63) is 235 Å². The van der Waals surface area contributed by atoms with Gasteiger partial charge in [-0.25, -0.2) is 0 Å². The summed E-state index contributed by atoms with van der Waals surface area (Å²) in [5, 5.41) is 0. The summed E-state index contributed by atoms with van der Waals surface area (Å²) in [6, 6.07) is 78.4. The van der Waals surface area contributed by atoms with Crippen LogP contribution in [0.2, 0.25) is 0 Å². The van der Waals surface area contributed by atoms with Gasteiger partial charge in [0.15, 0.2) is 0 Å². The highest BCUT2D eigenvalue weighted by Gasteiger charge is 2.38. The Morgan fingerprint density at radius 3 is 1.48 bits per heavy atom. The fourth-order valence-corrected chi connectivity index (χ4v) is 10.4. The first-order chi connectivity index (χ1) is 29.8. The zero-order valence-electron chi connectivity index (χ0n) is 35.2. The normalized spacial score (nSPS) is 13.8. The van der Waals surface area contributed by atoms with E-state index in [0.717, 1.165) is 17.1 Å². The molecule has 0 heterocycles. The fourth-order valence-electron chi connectivity index (χ4n) is 10.4. The lowest BCUT2D eigenvalue weighted by atomic mass is 9.79. The van der Waals surface area contributed by atoms with Crippen LogP contribution in [0.1, 0.15) is 49.9 Å². The third kappa shape index (κ3) is 5.99. The second-order valence-corrected chi connectivity index (χ2v) is 17.7. The largest absolute Gasteiger partial charge is 0.310 e. The highest BCUT2D eigenvalue weighted by molar-refractivity contribution is 5.92. The Balaban J connectivity index is 1.04. The van der Waals surface area contributed by atoms with E-state index in [9.17, 15) is 0 Å². The Morgan fingerprint density at radius 1 is 0.262 bits per heavy atom. The van der Waals surface area contributed by atoms with E-state index in [1.807, 2.05) is 0 Å². The van der Waals surface area contributed by atoms with Crippen molar-refractivity contribution in [3.63, 3.8) is 0 Å². The zero-order valence-corrected chi connectivity index (χ0v) is 35.2. The van der Waals surface area contributed by atoms with Crippen LogP contribution in [0.3, 0.4) is 0 Å². The molecule has 0 spiro atoms. The second-order valence-electron chi connectivity index (χ2n) is 17.7. The summed E-state index contributed by atoms with van der Waals surface area (Å²) in [6.45, 7) is 9.48. The van der Waals surface area contributed by atoms with Gasteiger partial charge in [-0.2, -0.15) is 0 Å². The van der Waals surface area contributed by atoms with Gasteiger partial charge < -0.3 is 4.90 Å². The molecular weight excluding hydrogens is 735 g/mol. The standard InChI is InChI=1S/C60H47N/c1-59(2)55-27-13-11-23-50(55)52-36-34-47(39-57(52)59)61(46-22-15-21-44(37-46)49-25-16-26-53-51-24-12-14-28-56(51)60(3,4)58(49)53)45-32-29-40(30-33-45)43-31-35-48(41-17-7-5-8-18-41)54(38-43)42-19-9-6-10-20-42/h5-39H,1-4H3. The van der Waals surface area contributed by atoms with Gasteiger partial charge in [0, 0.05) is 27.9 Å². The summed E-state index contributed by atoms with van der Waals surface area (Å²) >= 11 is 0. The molecule has 0 saturated carbocycles. The SMILES string of the molecule is CC1(C)c2ccccc2-c2ccc(N(c3ccc(-c4ccc(-c5ccccc5)c(-c5ccccc5)c4)cc3)c3cccc(-c4cccc5c4C(C)(C)c4ccccc4-5)c3)cc21. The van der Waals surface area contributed by atoms with E-state index < -0.39 is 0 Å². The minimum Gasteiger partial charge on any atom is -0.310 e. The number of fused-ring (bicyclic) bond motifs is 6. The smallest absolute Gasteiger partial charge is 0.0467 e. The Hall–Kier alpha value is -7.22. The van der Waals surface area contributed by atoms with Crippen molar-refractivity contribution in [2.45, 2.75) is 38.5 Å². The third-order valence-corrected chi connectivity index (χ3v) is 13.5. The van der Waals surface area contributed by atoms with Gasteiger partial charge in [-0.1, -0.05) is 198 Å². The highest BCUT2D eigenvalue weighted by Crippen LogP contribution is 2.53. The van der Waals surface area contributed by atoms with E-state index in [-0.39, 0.29) is 10.8 Å². The minimum atomic E-state index is -0.118. The summed E-state index contributed by atoms with van der Waals surface area (Å²) in [5.74, 6) is 0. The summed E-state index contributed by atoms with van der Waals surface area (Å²) in [7, 11) is 0. The van der Waals surface area contributed by atoms with Gasteiger partial charge in [0.2, 0.25) is 0 Å². The van der Waals surface area contributed by atoms with Crippen LogP contribution >= 0.6 is 0 Å². The van der Waals surface area contributed by atoms with Crippen molar-refractivity contribution >= 4 is 17.1 Å². The monoisotopic (exact) mass is 781 g/mol. The van der Waals surface area contributed by atoms with E-state index >= 15 is 0 Å². The van der Waals surface area contributed by atoms with E-state index in [1.54, 1.807) is 0 Å². The van der Waals surface area contributed by atoms with Gasteiger partial charge in [-0.3, -0.25) is 0 Å². The van der Waals surface area contributed by atoms with Gasteiger partial charge in [0.05, 0.1) is 0 Å². The number of anilines is 3. The second kappa shape index (κ2) is 14.2. The number of rotatable bonds is 7. The first-order valence-electron chi connectivity index (χ1n) is 21.5. The molecule has 0 N–H and O–H groups in total. The number of benzene rings is 9. The number of nitrogens with zero attached hydrogens (tertiary/aromatic N) is 1. The quantitative estimate of drug-likeness (QED) is 0.156. The van der Waals surface area contributed by atoms with Crippen LogP contribution in [0.5, 0.6) is 0 Å². The molecule has 11 rings (SSSR count). The maximum Gasteiger partial charge on any atom is 0.0467 e. The average molecular weight is 782 g/mol. The molecule has 9 aromatic carbocycles. The van der Waals surface area contributed by atoms with Crippen molar-refractivity contribution in [2.75, 3.05) is 4.90 Å². The third-order valence-electron chi connectivity index (χ3n) is 13.5. The Kier molecular flexibility index (Phi) is 8.58. The Morgan fingerprint density at radius 2 is 0.754 bits per heavy atom. The highest BCUT2D eigenvalue weighted by atomic mass is 15.1. The topological polar surface area (TPSA) is 3.24 Å². The predicted octanol–water partition coefficient (Wildman–Crippen LogP) is 16.4. The van der Waals surface area contributed by atoms with Crippen molar-refractivity contribution in [1.82, 2.24) is 0 Å². The number of hydrogen-bond donors (Lipinski definition) is 0. The van der Waals surface area contributed by atoms with Gasteiger partial charge in [0.25, 0.3) is 0 Å². The van der Waals surface area contributed by atoms with Crippen LogP contribution in [-0.4, -0.2) is 0 Å². The van der Waals surface area contributed by atoms with Crippen LogP contribution in [0.25, 0.3) is 66.8 Å². The van der Waals surface area contributed by atoms with Crippen molar-refractivity contribution in [3.8, 4) is 66.8 Å². The molecule has 2 aliphatic carbocycles. The lowest BCUT2D eigenvalue weighted by Gasteiger charge is -2.29. The molecule has 0 aliphatic heterocycles. The molecule has 1 nitrogen and oxygen atoms in total. The minimum absolute atomic E-state index is 0.117.